The van der Waals surface area contributed by atoms with Gasteiger partial charge in [-0.3, -0.25) is 0 Å². The second-order valence-corrected chi connectivity index (χ2v) is 37.3. The topological polar surface area (TPSA) is 82.3 Å². The van der Waals surface area contributed by atoms with Crippen molar-refractivity contribution in [2.24, 2.45) is 0 Å². The summed E-state index contributed by atoms with van der Waals surface area (Å²) in [6.07, 6.45) is 0. The van der Waals surface area contributed by atoms with E-state index in [1.807, 2.05) is 22.7 Å². The smallest absolute Gasteiger partial charge is 0.161 e. The molecule has 29 rings (SSSR count). The SMILES string of the molecule is c1cc2cc(c1)c1ccc3sc4cccc(c5nc6ccccc6c(n5)c5cccc2c5)c4c3c1.c1ccc(-c2ccc(-c3ccc4cc3c3cccc(c3)c3ccc5c(c3)c3c(cccc3n5-c3ccccc3)c3nc5ccccc5c4n3)cc2)cc1.c1ccc(-c2cccc(-c3cc4cc(c3)c3ccc5sc6cccc(c7nc8ccccc8c(n7)c7cccc4c7)c6c5c3)c2)cc1. The van der Waals surface area contributed by atoms with Crippen LogP contribution in [0.3, 0.4) is 0 Å². The predicted octanol–water partition coefficient (Wildman–Crippen LogP) is 34.9. The number of nitrogens with zero attached hydrogens (tertiary/aromatic N) is 7. The zero-order chi connectivity index (χ0) is 88.7. The second-order valence-electron chi connectivity index (χ2n) is 35.1. The summed E-state index contributed by atoms with van der Waals surface area (Å²) in [5, 5.41) is 31.1. The highest BCUT2D eigenvalue weighted by molar-refractivity contribution is 7.26. The van der Waals surface area contributed by atoms with E-state index in [4.69, 9.17) is 29.9 Å². The number of benzene rings is 20. The standard InChI is InChI=1S/C50H31N3.C44H26N2S.C32H18N2S/c1-3-11-32(12-4-1)33-21-23-34(24-22-33)40-27-25-38-31-43(40)37-14-9-13-35(29-37)36-26-28-46-44(30-36)48-42(50-51-45-19-8-7-17-41(45)49(38)52-50)18-10-20-47(48)53(46)39-15-5-2-6-16-39;1-2-9-27(10-3-1)28-11-6-12-29(21-28)33-23-34-25-35(24-33)31-19-20-40-38(26-31)42-37(16-8-18-41(42)47-40)44-45-39-17-5-4-15-36(39)43(46-44)32-14-7-13-30(34)22-32;1-2-12-27-24(10-1)31-23-9-4-8-21(17-23)19-6-3-7-20(16-19)22-14-15-28-26(18-22)30-25(32(33-27)34-31)11-5-13-29(30)35-28/h1-31H;1-26H;1-18H. The van der Waals surface area contributed by atoms with Crippen molar-refractivity contribution < 1.29 is 0 Å². The molecule has 9 heteroatoms. The van der Waals surface area contributed by atoms with E-state index >= 15 is 0 Å². The van der Waals surface area contributed by atoms with Crippen LogP contribution in [0.1, 0.15) is 0 Å². The van der Waals surface area contributed by atoms with Crippen LogP contribution in [0.25, 0.3) is 275 Å². The summed E-state index contributed by atoms with van der Waals surface area (Å²) in [6, 6.07) is 164. The van der Waals surface area contributed by atoms with E-state index in [0.717, 1.165) is 137 Å². The second kappa shape index (κ2) is 31.8. The lowest BCUT2D eigenvalue weighted by molar-refractivity contribution is 1.18. The van der Waals surface area contributed by atoms with Crippen molar-refractivity contribution in [1.29, 1.82) is 0 Å². The van der Waals surface area contributed by atoms with E-state index in [1.54, 1.807) is 0 Å². The van der Waals surface area contributed by atoms with Crippen LogP contribution in [0.15, 0.2) is 455 Å². The minimum absolute atomic E-state index is 0.722. The number of hydrogen-bond acceptors (Lipinski definition) is 8. The maximum Gasteiger partial charge on any atom is 0.161 e. The Labute approximate surface area is 781 Å². The van der Waals surface area contributed by atoms with Crippen LogP contribution >= 0.6 is 22.7 Å². The third kappa shape index (κ3) is 13.5. The zero-order valence-electron chi connectivity index (χ0n) is 72.7. The number of para-hydroxylation sites is 4. The van der Waals surface area contributed by atoms with Gasteiger partial charge >= 0.3 is 0 Å². The van der Waals surface area contributed by atoms with Crippen LogP contribution < -0.4 is 0 Å². The van der Waals surface area contributed by atoms with Crippen LogP contribution in [-0.2, 0) is 0 Å². The number of fused-ring (bicyclic) bond motifs is 39. The molecule has 0 amide bonds. The Bertz CT molecular complexity index is 10200. The molecule has 20 aromatic carbocycles. The van der Waals surface area contributed by atoms with Gasteiger partial charge in [0.1, 0.15) is 0 Å². The number of aromatic nitrogens is 7. The highest BCUT2D eigenvalue weighted by atomic mass is 32.1. The van der Waals surface area contributed by atoms with Crippen LogP contribution in [0.5, 0.6) is 0 Å². The Balaban J connectivity index is 0.000000105. The molecular weight excluding hydrogens is 1680 g/mol. The average molecular weight is 1750 g/mol. The molecule has 135 heavy (non-hydrogen) atoms. The molecule has 0 radical (unpaired) electrons. The molecule has 29 aromatic rings. The molecule has 0 saturated carbocycles. The van der Waals surface area contributed by atoms with Crippen LogP contribution in [0, 0.1) is 0 Å². The van der Waals surface area contributed by atoms with Gasteiger partial charge < -0.3 is 4.57 Å². The fourth-order valence-electron chi connectivity index (χ4n) is 20.7. The molecule has 9 heterocycles. The minimum atomic E-state index is 0.722. The van der Waals surface area contributed by atoms with Crippen LogP contribution in [-0.4, -0.2) is 34.5 Å². The van der Waals surface area contributed by atoms with Gasteiger partial charge in [-0.2, -0.15) is 0 Å². The first kappa shape index (κ1) is 77.6. The lowest BCUT2D eigenvalue weighted by atomic mass is 9.95. The lowest BCUT2D eigenvalue weighted by Gasteiger charge is -2.10. The number of hydrogen-bond donors (Lipinski definition) is 0. The number of rotatable bonds is 5. The first-order valence-electron chi connectivity index (χ1n) is 45.7. The Kier molecular flexibility index (Phi) is 18.3. The Morgan fingerprint density at radius 2 is 0.511 bits per heavy atom. The van der Waals surface area contributed by atoms with Gasteiger partial charge in [0.15, 0.2) is 16.9 Å². The molecule has 9 aromatic heterocycles. The Morgan fingerprint density at radius 1 is 0.163 bits per heavy atom. The summed E-state index contributed by atoms with van der Waals surface area (Å²) in [6.45, 7) is 0. The molecule has 0 N–H and O–H groups in total. The van der Waals surface area contributed by atoms with Crippen molar-refractivity contribution in [3.05, 3.63) is 455 Å². The normalized spacial score (nSPS) is 11.9. The van der Waals surface area contributed by atoms with E-state index < -0.39 is 0 Å². The third-order valence-corrected chi connectivity index (χ3v) is 29.4. The van der Waals surface area contributed by atoms with Crippen molar-refractivity contribution in [2.75, 3.05) is 0 Å². The zero-order valence-corrected chi connectivity index (χ0v) is 74.4. The third-order valence-electron chi connectivity index (χ3n) is 27.1. The van der Waals surface area contributed by atoms with Gasteiger partial charge in [0.25, 0.3) is 0 Å². The van der Waals surface area contributed by atoms with Crippen molar-refractivity contribution in [3.63, 3.8) is 0 Å². The van der Waals surface area contributed by atoms with E-state index in [-0.39, 0.29) is 0 Å². The van der Waals surface area contributed by atoms with Crippen molar-refractivity contribution in [3.8, 4) is 50.2 Å². The van der Waals surface area contributed by atoms with Gasteiger partial charge in [-0.05, 0) is 249 Å². The molecule has 0 atom stereocenters. The molecule has 0 fully saturated rings. The monoisotopic (exact) mass is 1750 g/mol. The highest BCUT2D eigenvalue weighted by Gasteiger charge is 2.21. The molecule has 0 aliphatic carbocycles. The first-order valence-corrected chi connectivity index (χ1v) is 47.4. The quantitative estimate of drug-likeness (QED) is 0.171. The van der Waals surface area contributed by atoms with Crippen LogP contribution in [0.2, 0.25) is 0 Å². The number of thiophene rings is 2. The van der Waals surface area contributed by atoms with Gasteiger partial charge in [-0.15, -0.1) is 22.7 Å². The fourth-order valence-corrected chi connectivity index (χ4v) is 22.9. The maximum atomic E-state index is 5.45. The molecule has 7 nitrogen and oxygen atoms in total. The summed E-state index contributed by atoms with van der Waals surface area (Å²) in [5.41, 5.74) is 20.9. The molecule has 24 bridgehead atoms. The fraction of sp³-hybridized carbons (Fsp3) is 0. The summed E-state index contributed by atoms with van der Waals surface area (Å²) in [7, 11) is 0. The van der Waals surface area contributed by atoms with Crippen molar-refractivity contribution in [2.45, 2.75) is 0 Å². The van der Waals surface area contributed by atoms with E-state index in [9.17, 15) is 0 Å². The molecule has 0 saturated heterocycles. The maximum absolute atomic E-state index is 5.45. The molecular formula is C126H75N7S2. The lowest BCUT2D eigenvalue weighted by Crippen LogP contribution is -1.93. The average Bonchev–Trinajstić information content (AvgIpc) is 1.58. The largest absolute Gasteiger partial charge is 0.309 e. The molecule has 626 valence electrons. The summed E-state index contributed by atoms with van der Waals surface area (Å²) in [5.74, 6) is 0. The van der Waals surface area contributed by atoms with Gasteiger partial charge in [-0.25, -0.2) is 29.9 Å². The van der Waals surface area contributed by atoms with Crippen molar-refractivity contribution in [1.82, 2.24) is 34.5 Å². The Hall–Kier alpha value is -17.3. The van der Waals surface area contributed by atoms with E-state index in [0.29, 0.717) is 0 Å². The van der Waals surface area contributed by atoms with E-state index in [1.165, 1.54) is 139 Å². The minimum Gasteiger partial charge on any atom is -0.309 e. The van der Waals surface area contributed by atoms with Crippen LogP contribution in [0.4, 0.5) is 0 Å². The molecule has 0 aliphatic rings. The molecule has 0 spiro atoms. The van der Waals surface area contributed by atoms with Gasteiger partial charge in [0.05, 0.1) is 44.1 Å². The summed E-state index contributed by atoms with van der Waals surface area (Å²) < 4.78 is 7.42. The molecule has 0 aliphatic heterocycles. The van der Waals surface area contributed by atoms with Gasteiger partial charge in [0, 0.05) is 105 Å². The first-order chi connectivity index (χ1) is 66.8. The molecule has 0 unspecified atom stereocenters. The van der Waals surface area contributed by atoms with Gasteiger partial charge in [0.2, 0.25) is 0 Å². The highest BCUT2D eigenvalue weighted by Crippen LogP contribution is 2.46. The Morgan fingerprint density at radius 3 is 1.05 bits per heavy atom. The van der Waals surface area contributed by atoms with E-state index in [2.05, 4.69) is 460 Å². The summed E-state index contributed by atoms with van der Waals surface area (Å²) in [4.78, 5) is 31.4. The summed E-state index contributed by atoms with van der Waals surface area (Å²) >= 11 is 3.66. The van der Waals surface area contributed by atoms with Gasteiger partial charge in [-0.1, -0.05) is 315 Å². The predicted molar refractivity (Wildman–Crippen MR) is 577 cm³/mol. The van der Waals surface area contributed by atoms with Crippen molar-refractivity contribution >= 4 is 248 Å².